The average Bonchev–Trinajstić information content (AvgIpc) is 3.25. The number of rotatable bonds is 8. The summed E-state index contributed by atoms with van der Waals surface area (Å²) in [6.07, 6.45) is 0.881. The molecule has 24 heavy (non-hydrogen) atoms. The SMILES string of the molecule is CCCn1nnnc1CN(C)C[C@@H]1C[C@H](F)CN1Cc1cccs1. The maximum absolute atomic E-state index is 14.0. The van der Waals surface area contributed by atoms with Crippen molar-refractivity contribution < 1.29 is 4.39 Å². The van der Waals surface area contributed by atoms with E-state index in [1.165, 1.54) is 4.88 Å². The zero-order valence-corrected chi connectivity index (χ0v) is 15.1. The lowest BCUT2D eigenvalue weighted by molar-refractivity contribution is 0.178. The molecule has 3 rings (SSSR count). The molecule has 8 heteroatoms. The molecule has 0 N–H and O–H groups in total. The van der Waals surface area contributed by atoms with Gasteiger partial charge in [0, 0.05) is 37.1 Å². The molecule has 2 aromatic rings. The zero-order valence-electron chi connectivity index (χ0n) is 14.3. The Balaban J connectivity index is 1.57. The highest BCUT2D eigenvalue weighted by atomic mass is 32.1. The van der Waals surface area contributed by atoms with Crippen LogP contribution in [-0.2, 0) is 19.6 Å². The summed E-state index contributed by atoms with van der Waals surface area (Å²) in [5, 5.41) is 14.0. The molecular formula is C16H25FN6S. The molecule has 0 amide bonds. The van der Waals surface area contributed by atoms with E-state index in [1.54, 1.807) is 11.3 Å². The third-order valence-corrected chi connectivity index (χ3v) is 5.25. The molecule has 1 aliphatic rings. The van der Waals surface area contributed by atoms with Crippen molar-refractivity contribution in [2.24, 2.45) is 0 Å². The zero-order chi connectivity index (χ0) is 16.9. The fourth-order valence-corrected chi connectivity index (χ4v) is 4.03. The summed E-state index contributed by atoms with van der Waals surface area (Å²) in [4.78, 5) is 5.76. The minimum absolute atomic E-state index is 0.239. The number of aromatic nitrogens is 4. The standard InChI is InChI=1S/C16H25FN6S/c1-3-6-23-16(18-19-20-23)12-21(2)10-14-8-13(17)9-22(14)11-15-5-4-7-24-15/h4-5,7,13-14H,3,6,8-12H2,1-2H3/t13-,14-/m0/s1. The normalized spacial score (nSPS) is 21.8. The quantitative estimate of drug-likeness (QED) is 0.729. The number of nitrogens with zero attached hydrogens (tertiary/aromatic N) is 6. The molecule has 0 spiro atoms. The molecule has 1 aliphatic heterocycles. The Hall–Kier alpha value is -1.38. The summed E-state index contributed by atoms with van der Waals surface area (Å²) >= 11 is 1.74. The number of likely N-dealkylation sites (N-methyl/N-ethyl adjacent to an activating group) is 1. The van der Waals surface area contributed by atoms with E-state index in [-0.39, 0.29) is 6.04 Å². The van der Waals surface area contributed by atoms with Crippen LogP contribution in [0, 0.1) is 0 Å². The van der Waals surface area contributed by atoms with Gasteiger partial charge in [-0.2, -0.15) is 0 Å². The molecule has 1 saturated heterocycles. The highest BCUT2D eigenvalue weighted by Gasteiger charge is 2.33. The number of alkyl halides is 1. The molecule has 0 bridgehead atoms. The van der Waals surface area contributed by atoms with Crippen LogP contribution >= 0.6 is 11.3 Å². The molecule has 2 aromatic heterocycles. The van der Waals surface area contributed by atoms with Crippen LogP contribution in [0.5, 0.6) is 0 Å². The van der Waals surface area contributed by atoms with Gasteiger partial charge in [0.15, 0.2) is 5.82 Å². The van der Waals surface area contributed by atoms with E-state index in [9.17, 15) is 4.39 Å². The maximum Gasteiger partial charge on any atom is 0.165 e. The molecule has 0 aliphatic carbocycles. The first kappa shape index (κ1) is 17.4. The maximum atomic E-state index is 14.0. The number of thiophene rings is 1. The molecule has 2 atom stereocenters. The largest absolute Gasteiger partial charge is 0.297 e. The minimum atomic E-state index is -0.728. The Bertz CT molecular complexity index is 616. The van der Waals surface area contributed by atoms with Crippen molar-refractivity contribution in [3.63, 3.8) is 0 Å². The fourth-order valence-electron chi connectivity index (χ4n) is 3.30. The lowest BCUT2D eigenvalue weighted by atomic mass is 10.2. The number of likely N-dealkylation sites (tertiary alicyclic amines) is 1. The highest BCUT2D eigenvalue weighted by Crippen LogP contribution is 2.25. The van der Waals surface area contributed by atoms with E-state index in [2.05, 4.69) is 56.8 Å². The van der Waals surface area contributed by atoms with Crippen molar-refractivity contribution in [3.8, 4) is 0 Å². The number of hydrogen-bond acceptors (Lipinski definition) is 6. The van der Waals surface area contributed by atoms with Gasteiger partial charge in [-0.3, -0.25) is 9.80 Å². The van der Waals surface area contributed by atoms with Gasteiger partial charge in [0.2, 0.25) is 0 Å². The Morgan fingerprint density at radius 2 is 2.33 bits per heavy atom. The predicted octanol–water partition coefficient (Wildman–Crippen LogP) is 2.19. The lowest BCUT2D eigenvalue weighted by Crippen LogP contribution is -2.38. The van der Waals surface area contributed by atoms with E-state index < -0.39 is 6.17 Å². The van der Waals surface area contributed by atoms with E-state index >= 15 is 0 Å². The van der Waals surface area contributed by atoms with Crippen molar-refractivity contribution in [2.45, 2.75) is 51.6 Å². The van der Waals surface area contributed by atoms with Gasteiger partial charge in [-0.25, -0.2) is 9.07 Å². The van der Waals surface area contributed by atoms with Crippen LogP contribution in [0.15, 0.2) is 17.5 Å². The Kier molecular flexibility index (Phi) is 5.91. The van der Waals surface area contributed by atoms with Crippen LogP contribution in [0.3, 0.4) is 0 Å². The van der Waals surface area contributed by atoms with Crippen molar-refractivity contribution in [2.75, 3.05) is 20.1 Å². The van der Waals surface area contributed by atoms with E-state index in [4.69, 9.17) is 0 Å². The molecule has 0 saturated carbocycles. The van der Waals surface area contributed by atoms with Gasteiger partial charge in [0.05, 0.1) is 6.54 Å². The topological polar surface area (TPSA) is 50.1 Å². The van der Waals surface area contributed by atoms with Gasteiger partial charge >= 0.3 is 0 Å². The first-order valence-electron chi connectivity index (χ1n) is 8.49. The summed E-state index contributed by atoms with van der Waals surface area (Å²) in [6.45, 7) is 5.82. The van der Waals surface area contributed by atoms with Crippen LogP contribution in [0.2, 0.25) is 0 Å². The lowest BCUT2D eigenvalue weighted by Gasteiger charge is -2.27. The Morgan fingerprint density at radius 1 is 1.46 bits per heavy atom. The van der Waals surface area contributed by atoms with Gasteiger partial charge in [-0.1, -0.05) is 13.0 Å². The summed E-state index contributed by atoms with van der Waals surface area (Å²) < 4.78 is 15.8. The number of tetrazole rings is 1. The fraction of sp³-hybridized carbons (Fsp3) is 0.688. The minimum Gasteiger partial charge on any atom is -0.297 e. The van der Waals surface area contributed by atoms with E-state index in [0.29, 0.717) is 19.5 Å². The third kappa shape index (κ3) is 4.37. The molecule has 0 aromatic carbocycles. The smallest absolute Gasteiger partial charge is 0.165 e. The van der Waals surface area contributed by atoms with Crippen molar-refractivity contribution >= 4 is 11.3 Å². The second-order valence-electron chi connectivity index (χ2n) is 6.51. The summed E-state index contributed by atoms with van der Waals surface area (Å²) in [7, 11) is 2.06. The molecule has 132 valence electrons. The number of halogens is 1. The van der Waals surface area contributed by atoms with E-state index in [1.807, 2.05) is 4.68 Å². The third-order valence-electron chi connectivity index (χ3n) is 4.39. The molecule has 0 radical (unpaired) electrons. The molecule has 1 fully saturated rings. The van der Waals surface area contributed by atoms with Crippen molar-refractivity contribution in [3.05, 3.63) is 28.2 Å². The second kappa shape index (κ2) is 8.13. The highest BCUT2D eigenvalue weighted by molar-refractivity contribution is 7.09. The van der Waals surface area contributed by atoms with Gasteiger partial charge in [-0.05, 0) is 41.8 Å². The van der Waals surface area contributed by atoms with Crippen molar-refractivity contribution in [1.29, 1.82) is 0 Å². The van der Waals surface area contributed by atoms with Gasteiger partial charge < -0.3 is 0 Å². The van der Waals surface area contributed by atoms with Crippen LogP contribution in [-0.4, -0.2) is 62.4 Å². The van der Waals surface area contributed by atoms with E-state index in [0.717, 1.165) is 31.9 Å². The molecule has 6 nitrogen and oxygen atoms in total. The number of hydrogen-bond donors (Lipinski definition) is 0. The molecular weight excluding hydrogens is 327 g/mol. The van der Waals surface area contributed by atoms with Crippen LogP contribution in [0.25, 0.3) is 0 Å². The Morgan fingerprint density at radius 3 is 3.08 bits per heavy atom. The van der Waals surface area contributed by atoms with Gasteiger partial charge in [0.25, 0.3) is 0 Å². The molecule has 3 heterocycles. The predicted molar refractivity (Wildman–Crippen MR) is 92.5 cm³/mol. The summed E-state index contributed by atoms with van der Waals surface area (Å²) in [5.74, 6) is 0.874. The summed E-state index contributed by atoms with van der Waals surface area (Å²) in [5.41, 5.74) is 0. The average molecular weight is 352 g/mol. The van der Waals surface area contributed by atoms with Crippen LogP contribution in [0.4, 0.5) is 4.39 Å². The number of aryl methyl sites for hydroxylation is 1. The first-order valence-corrected chi connectivity index (χ1v) is 9.37. The van der Waals surface area contributed by atoms with Crippen LogP contribution < -0.4 is 0 Å². The van der Waals surface area contributed by atoms with Crippen LogP contribution in [0.1, 0.15) is 30.5 Å². The molecule has 0 unspecified atom stereocenters. The monoisotopic (exact) mass is 352 g/mol. The Labute approximate surface area is 146 Å². The summed E-state index contributed by atoms with van der Waals surface area (Å²) in [6, 6.07) is 4.41. The van der Waals surface area contributed by atoms with Gasteiger partial charge in [0.1, 0.15) is 6.17 Å². The first-order chi connectivity index (χ1) is 11.7. The van der Waals surface area contributed by atoms with Crippen molar-refractivity contribution in [1.82, 2.24) is 30.0 Å². The van der Waals surface area contributed by atoms with Gasteiger partial charge in [-0.15, -0.1) is 16.4 Å². The second-order valence-corrected chi connectivity index (χ2v) is 7.54.